The molecule has 2 aliphatic rings. The molecule has 11 heteroatoms. The maximum Gasteiger partial charge on any atom is 0.319 e. The zero-order valence-corrected chi connectivity index (χ0v) is 20.2. The van der Waals surface area contributed by atoms with Gasteiger partial charge in [0.1, 0.15) is 0 Å². The molecular weight excluding hydrogens is 453 g/mol. The number of ether oxygens (including phenoxy) is 2. The molecule has 3 aromatic rings. The number of fused-ring (bicyclic) bond motifs is 1. The summed E-state index contributed by atoms with van der Waals surface area (Å²) >= 11 is 0. The molecule has 186 valence electrons. The number of carbonyl (C=O) groups is 1. The molecule has 1 aromatic carbocycles. The first-order valence-electron chi connectivity index (χ1n) is 12.0. The second-order valence-electron chi connectivity index (χ2n) is 8.86. The van der Waals surface area contributed by atoms with E-state index in [4.69, 9.17) is 24.4 Å². The molecule has 1 unspecified atom stereocenters. The molecule has 2 aromatic heterocycles. The van der Waals surface area contributed by atoms with Gasteiger partial charge in [-0.2, -0.15) is 0 Å². The summed E-state index contributed by atoms with van der Waals surface area (Å²) in [7, 11) is 0. The first kappa shape index (κ1) is 23.4. The fraction of sp³-hybridized carbons (Fsp3) is 0.500. The Bertz CT molecular complexity index is 1230. The predicted octanol–water partition coefficient (Wildman–Crippen LogP) is 3.07. The predicted molar refractivity (Wildman–Crippen MR) is 130 cm³/mol. The van der Waals surface area contributed by atoms with Gasteiger partial charge in [-0.3, -0.25) is 0 Å². The van der Waals surface area contributed by atoms with E-state index in [1.54, 1.807) is 12.1 Å². The Morgan fingerprint density at radius 1 is 1.17 bits per heavy atom. The van der Waals surface area contributed by atoms with Gasteiger partial charge < -0.3 is 29.6 Å². The normalized spacial score (nSPS) is 19.4. The minimum absolute atomic E-state index is 0.0139. The Hall–Kier alpha value is -3.31. The minimum atomic E-state index is -1.63. The molecular formula is C24H30FN7O3. The van der Waals surface area contributed by atoms with E-state index in [-0.39, 0.29) is 25.3 Å². The Labute approximate surface area is 202 Å². The Morgan fingerprint density at radius 2 is 1.94 bits per heavy atom. The molecule has 2 amide bonds. The number of nitrogens with zero attached hydrogens (tertiary/aromatic N) is 5. The summed E-state index contributed by atoms with van der Waals surface area (Å²) < 4.78 is 28.1. The van der Waals surface area contributed by atoms with Gasteiger partial charge in [0.05, 0.1) is 32.5 Å². The fourth-order valence-electron chi connectivity index (χ4n) is 4.45. The zero-order valence-electron chi connectivity index (χ0n) is 20.2. The molecule has 4 heterocycles. The van der Waals surface area contributed by atoms with Crippen molar-refractivity contribution in [3.05, 3.63) is 30.1 Å². The highest BCUT2D eigenvalue weighted by Crippen LogP contribution is 2.38. The molecule has 2 fully saturated rings. The van der Waals surface area contributed by atoms with Crippen molar-refractivity contribution in [3.63, 3.8) is 0 Å². The van der Waals surface area contributed by atoms with Gasteiger partial charge in [-0.15, -0.1) is 0 Å². The zero-order chi connectivity index (χ0) is 24.6. The Morgan fingerprint density at radius 3 is 2.57 bits per heavy atom. The number of benzene rings is 1. The van der Waals surface area contributed by atoms with Crippen LogP contribution >= 0.6 is 0 Å². The van der Waals surface area contributed by atoms with Crippen LogP contribution in [0.5, 0.6) is 0 Å². The van der Waals surface area contributed by atoms with E-state index in [2.05, 4.69) is 22.5 Å². The van der Waals surface area contributed by atoms with E-state index in [1.807, 2.05) is 30.5 Å². The molecule has 5 rings (SSSR count). The van der Waals surface area contributed by atoms with Crippen molar-refractivity contribution in [1.29, 1.82) is 0 Å². The summed E-state index contributed by atoms with van der Waals surface area (Å²) in [5.41, 5.74) is 0.986. The standard InChI is InChI=1S/C24H30FN7O3/c1-4-26-23(33)27-17-8-6-16(7-9-17)19-29-20-18(21(30-19)32-10-11-34-12-15(32)3)28-22(31(20)5-2)24(25)13-35-14-24/h6-9,15H,4-5,10-14H2,1-3H3,(H2,26,27,33). The van der Waals surface area contributed by atoms with E-state index < -0.39 is 5.67 Å². The number of aryl methyl sites for hydroxylation is 1. The highest BCUT2D eigenvalue weighted by Gasteiger charge is 2.46. The highest BCUT2D eigenvalue weighted by atomic mass is 19.1. The summed E-state index contributed by atoms with van der Waals surface area (Å²) in [6.07, 6.45) is 0. The van der Waals surface area contributed by atoms with Crippen molar-refractivity contribution in [2.75, 3.05) is 49.7 Å². The highest BCUT2D eigenvalue weighted by molar-refractivity contribution is 5.90. The van der Waals surface area contributed by atoms with Gasteiger partial charge >= 0.3 is 6.03 Å². The van der Waals surface area contributed by atoms with E-state index in [0.717, 1.165) is 5.56 Å². The second kappa shape index (κ2) is 9.38. The molecule has 2 saturated heterocycles. The average Bonchev–Trinajstić information content (AvgIpc) is 3.22. The maximum absolute atomic E-state index is 15.5. The number of rotatable bonds is 6. The number of urea groups is 1. The fourth-order valence-corrected chi connectivity index (χ4v) is 4.45. The summed E-state index contributed by atoms with van der Waals surface area (Å²) in [6.45, 7) is 8.72. The lowest BCUT2D eigenvalue weighted by Gasteiger charge is -2.34. The van der Waals surface area contributed by atoms with Crippen LogP contribution in [0.1, 0.15) is 26.6 Å². The van der Waals surface area contributed by atoms with Gasteiger partial charge in [-0.25, -0.2) is 24.1 Å². The number of amides is 2. The molecule has 2 N–H and O–H groups in total. The lowest BCUT2D eigenvalue weighted by atomic mass is 10.0. The second-order valence-corrected chi connectivity index (χ2v) is 8.86. The summed E-state index contributed by atoms with van der Waals surface area (Å²) in [5.74, 6) is 1.51. The number of aromatic nitrogens is 4. The molecule has 0 aliphatic carbocycles. The quantitative estimate of drug-likeness (QED) is 0.555. The van der Waals surface area contributed by atoms with Crippen molar-refractivity contribution in [3.8, 4) is 11.4 Å². The first-order chi connectivity index (χ1) is 16.9. The SMILES string of the molecule is CCNC(=O)Nc1ccc(-c2nc(N3CCOCC3C)c3nc(C4(F)COC4)n(CC)c3n2)cc1. The summed E-state index contributed by atoms with van der Waals surface area (Å²) in [6, 6.07) is 7.15. The Kier molecular flexibility index (Phi) is 6.28. The van der Waals surface area contributed by atoms with Gasteiger partial charge in [0.15, 0.2) is 28.6 Å². The average molecular weight is 484 g/mol. The number of morpholine rings is 1. The van der Waals surface area contributed by atoms with Crippen LogP contribution in [0, 0.1) is 0 Å². The number of hydrogen-bond acceptors (Lipinski definition) is 7. The van der Waals surface area contributed by atoms with Crippen molar-refractivity contribution in [2.24, 2.45) is 0 Å². The largest absolute Gasteiger partial charge is 0.377 e. The summed E-state index contributed by atoms with van der Waals surface area (Å²) in [4.78, 5) is 28.5. The molecule has 2 aliphatic heterocycles. The molecule has 0 radical (unpaired) electrons. The van der Waals surface area contributed by atoms with Crippen LogP contribution in [0.2, 0.25) is 0 Å². The number of hydrogen-bond donors (Lipinski definition) is 2. The third-order valence-corrected chi connectivity index (χ3v) is 6.33. The number of halogens is 1. The molecule has 1 atom stereocenters. The number of alkyl halides is 1. The van der Waals surface area contributed by atoms with Crippen molar-refractivity contribution >= 4 is 28.7 Å². The monoisotopic (exact) mass is 483 g/mol. The van der Waals surface area contributed by atoms with Crippen LogP contribution in [0.15, 0.2) is 24.3 Å². The van der Waals surface area contributed by atoms with E-state index in [1.165, 1.54) is 0 Å². The van der Waals surface area contributed by atoms with Crippen LogP contribution in [-0.2, 0) is 21.7 Å². The summed E-state index contributed by atoms with van der Waals surface area (Å²) in [5, 5.41) is 5.50. The van der Waals surface area contributed by atoms with Crippen molar-refractivity contribution in [1.82, 2.24) is 24.8 Å². The Balaban J connectivity index is 1.61. The van der Waals surface area contributed by atoms with Crippen LogP contribution in [0.25, 0.3) is 22.6 Å². The topological polar surface area (TPSA) is 106 Å². The third-order valence-electron chi connectivity index (χ3n) is 6.33. The van der Waals surface area contributed by atoms with Crippen LogP contribution in [0.3, 0.4) is 0 Å². The number of anilines is 2. The molecule has 0 saturated carbocycles. The minimum Gasteiger partial charge on any atom is -0.377 e. The molecule has 0 bridgehead atoms. The molecule has 35 heavy (non-hydrogen) atoms. The molecule has 0 spiro atoms. The first-order valence-corrected chi connectivity index (χ1v) is 12.0. The maximum atomic E-state index is 15.5. The number of nitrogens with one attached hydrogen (secondary N) is 2. The van der Waals surface area contributed by atoms with Crippen LogP contribution in [0.4, 0.5) is 20.7 Å². The smallest absolute Gasteiger partial charge is 0.319 e. The van der Waals surface area contributed by atoms with Gasteiger partial charge in [0, 0.05) is 30.9 Å². The third kappa shape index (κ3) is 4.30. The van der Waals surface area contributed by atoms with Crippen molar-refractivity contribution < 1.29 is 18.7 Å². The van der Waals surface area contributed by atoms with Gasteiger partial charge in [0.2, 0.25) is 5.67 Å². The number of carbonyl (C=O) groups excluding carboxylic acids is 1. The van der Waals surface area contributed by atoms with E-state index >= 15 is 4.39 Å². The number of imidazole rings is 1. The van der Waals surface area contributed by atoms with Gasteiger partial charge in [-0.05, 0) is 45.0 Å². The van der Waals surface area contributed by atoms with E-state index in [0.29, 0.717) is 67.2 Å². The van der Waals surface area contributed by atoms with Gasteiger partial charge in [0.25, 0.3) is 0 Å². The van der Waals surface area contributed by atoms with Crippen LogP contribution in [-0.4, -0.2) is 71.1 Å². The van der Waals surface area contributed by atoms with Crippen LogP contribution < -0.4 is 15.5 Å². The lowest BCUT2D eigenvalue weighted by molar-refractivity contribution is -0.141. The van der Waals surface area contributed by atoms with Gasteiger partial charge in [-0.1, -0.05) is 0 Å². The van der Waals surface area contributed by atoms with Crippen molar-refractivity contribution in [2.45, 2.75) is 39.0 Å². The molecule has 10 nitrogen and oxygen atoms in total. The lowest BCUT2D eigenvalue weighted by Crippen LogP contribution is -2.45. The van der Waals surface area contributed by atoms with E-state index in [9.17, 15) is 4.79 Å².